The number of hydrogen-bond donors (Lipinski definition) is 1. The molecule has 0 bridgehead atoms. The van der Waals surface area contributed by atoms with Crippen molar-refractivity contribution in [2.75, 3.05) is 23.4 Å². The largest absolute Gasteiger partial charge is 0.382 e. The molecule has 0 saturated carbocycles. The Balaban J connectivity index is 2.34. The minimum Gasteiger partial charge on any atom is -0.382 e. The van der Waals surface area contributed by atoms with Crippen molar-refractivity contribution in [1.29, 1.82) is 0 Å². The van der Waals surface area contributed by atoms with Gasteiger partial charge in [-0.05, 0) is 13.3 Å². The van der Waals surface area contributed by atoms with Crippen molar-refractivity contribution in [3.63, 3.8) is 0 Å². The van der Waals surface area contributed by atoms with Crippen molar-refractivity contribution >= 4 is 15.5 Å². The summed E-state index contributed by atoms with van der Waals surface area (Å²) in [6.07, 6.45) is 2.52. The normalized spacial score (nSPS) is 11.7. The van der Waals surface area contributed by atoms with Crippen molar-refractivity contribution < 1.29 is 8.42 Å². The van der Waals surface area contributed by atoms with Crippen LogP contribution in [0.25, 0.3) is 0 Å². The Labute approximate surface area is 96.8 Å². The third-order valence-corrected chi connectivity index (χ3v) is 4.19. The molecule has 0 amide bonds. The fourth-order valence-electron chi connectivity index (χ4n) is 1.43. The third kappa shape index (κ3) is 3.84. The molecule has 1 N–H and O–H groups in total. The maximum absolute atomic E-state index is 11.2. The van der Waals surface area contributed by atoms with Gasteiger partial charge in [-0.2, -0.15) is 5.10 Å². The van der Waals surface area contributed by atoms with Crippen LogP contribution in [0.1, 0.15) is 19.0 Å². The van der Waals surface area contributed by atoms with Crippen LogP contribution in [0.2, 0.25) is 0 Å². The zero-order chi connectivity index (χ0) is 12.2. The van der Waals surface area contributed by atoms with Gasteiger partial charge < -0.3 is 5.32 Å². The van der Waals surface area contributed by atoms with Crippen LogP contribution in [0.4, 0.5) is 5.69 Å². The molecule has 5 nitrogen and oxygen atoms in total. The molecular weight excluding hydrogens is 226 g/mol. The second-order valence-corrected chi connectivity index (χ2v) is 6.29. The summed E-state index contributed by atoms with van der Waals surface area (Å²) < 4.78 is 24.2. The number of aryl methyl sites for hydroxylation is 2. The van der Waals surface area contributed by atoms with Gasteiger partial charge in [0, 0.05) is 25.5 Å². The highest BCUT2D eigenvalue weighted by Crippen LogP contribution is 2.10. The number of nitrogens with zero attached hydrogens (tertiary/aromatic N) is 2. The molecule has 0 atom stereocenters. The predicted octanol–water partition coefficient (Wildman–Crippen LogP) is 0.965. The summed E-state index contributed by atoms with van der Waals surface area (Å²) in [6, 6.07) is 0. The Morgan fingerprint density at radius 2 is 2.19 bits per heavy atom. The number of aromatic nitrogens is 2. The van der Waals surface area contributed by atoms with Gasteiger partial charge in [-0.3, -0.25) is 4.68 Å². The molecule has 0 aliphatic heterocycles. The number of rotatable bonds is 6. The molecule has 92 valence electrons. The van der Waals surface area contributed by atoms with Crippen molar-refractivity contribution in [2.45, 2.75) is 20.3 Å². The van der Waals surface area contributed by atoms with E-state index in [1.54, 1.807) is 11.6 Å². The van der Waals surface area contributed by atoms with Crippen molar-refractivity contribution in [3.8, 4) is 0 Å². The van der Waals surface area contributed by atoms with Crippen LogP contribution < -0.4 is 5.32 Å². The van der Waals surface area contributed by atoms with Gasteiger partial charge in [-0.15, -0.1) is 0 Å². The Kier molecular flexibility index (Phi) is 4.35. The average molecular weight is 245 g/mol. The summed E-state index contributed by atoms with van der Waals surface area (Å²) in [4.78, 5) is 0. The van der Waals surface area contributed by atoms with Crippen LogP contribution in [0.15, 0.2) is 6.20 Å². The summed E-state index contributed by atoms with van der Waals surface area (Å²) in [5, 5.41) is 7.37. The zero-order valence-corrected chi connectivity index (χ0v) is 10.8. The number of anilines is 1. The van der Waals surface area contributed by atoms with E-state index in [2.05, 4.69) is 10.4 Å². The van der Waals surface area contributed by atoms with Gasteiger partial charge in [-0.1, -0.05) is 6.92 Å². The highest BCUT2D eigenvalue weighted by atomic mass is 32.2. The van der Waals surface area contributed by atoms with Crippen LogP contribution in [-0.4, -0.2) is 36.2 Å². The molecule has 16 heavy (non-hydrogen) atoms. The fraction of sp³-hybridized carbons (Fsp3) is 0.700. The Hall–Kier alpha value is -1.04. The van der Waals surface area contributed by atoms with Gasteiger partial charge in [0.15, 0.2) is 0 Å². The molecule has 1 aromatic rings. The standard InChI is InChI=1S/C10H19N3O2S/c1-4-16(14,15)7-5-6-11-10-8-13(3)12-9(10)2/h8,11H,4-7H2,1-3H3. The van der Waals surface area contributed by atoms with Gasteiger partial charge >= 0.3 is 0 Å². The first-order chi connectivity index (χ1) is 7.44. The number of hydrogen-bond acceptors (Lipinski definition) is 4. The predicted molar refractivity (Wildman–Crippen MR) is 65.4 cm³/mol. The Morgan fingerprint density at radius 1 is 1.50 bits per heavy atom. The van der Waals surface area contributed by atoms with Crippen molar-refractivity contribution in [2.24, 2.45) is 7.05 Å². The highest BCUT2D eigenvalue weighted by Gasteiger charge is 2.07. The summed E-state index contributed by atoms with van der Waals surface area (Å²) in [5.41, 5.74) is 1.90. The first-order valence-electron chi connectivity index (χ1n) is 5.39. The fourth-order valence-corrected chi connectivity index (χ4v) is 2.31. The van der Waals surface area contributed by atoms with E-state index >= 15 is 0 Å². The van der Waals surface area contributed by atoms with Crippen LogP contribution in [0, 0.1) is 6.92 Å². The molecular formula is C10H19N3O2S. The minimum atomic E-state index is -2.84. The average Bonchev–Trinajstić information content (AvgIpc) is 2.52. The summed E-state index contributed by atoms with van der Waals surface area (Å²) >= 11 is 0. The first kappa shape index (κ1) is 13.0. The molecule has 1 heterocycles. The van der Waals surface area contributed by atoms with Gasteiger partial charge in [0.1, 0.15) is 9.84 Å². The van der Waals surface area contributed by atoms with Crippen molar-refractivity contribution in [1.82, 2.24) is 9.78 Å². The second-order valence-electron chi connectivity index (χ2n) is 3.82. The smallest absolute Gasteiger partial charge is 0.150 e. The van der Waals surface area contributed by atoms with Crippen molar-refractivity contribution in [3.05, 3.63) is 11.9 Å². The zero-order valence-electron chi connectivity index (χ0n) is 10.0. The Bertz CT molecular complexity index is 437. The Morgan fingerprint density at radius 3 is 2.69 bits per heavy atom. The number of nitrogens with one attached hydrogen (secondary N) is 1. The van der Waals surface area contributed by atoms with E-state index in [1.807, 2.05) is 20.2 Å². The van der Waals surface area contributed by atoms with E-state index in [-0.39, 0.29) is 11.5 Å². The van der Waals surface area contributed by atoms with Gasteiger partial charge in [-0.25, -0.2) is 8.42 Å². The van der Waals surface area contributed by atoms with E-state index in [9.17, 15) is 8.42 Å². The van der Waals surface area contributed by atoms with E-state index in [1.165, 1.54) is 0 Å². The molecule has 0 radical (unpaired) electrons. The van der Waals surface area contributed by atoms with E-state index < -0.39 is 9.84 Å². The summed E-state index contributed by atoms with van der Waals surface area (Å²) in [6.45, 7) is 4.25. The van der Waals surface area contributed by atoms with Crippen LogP contribution in [-0.2, 0) is 16.9 Å². The second kappa shape index (κ2) is 5.34. The highest BCUT2D eigenvalue weighted by molar-refractivity contribution is 7.91. The molecule has 0 spiro atoms. The lowest BCUT2D eigenvalue weighted by Gasteiger charge is -2.04. The molecule has 1 aromatic heterocycles. The molecule has 0 fully saturated rings. The van der Waals surface area contributed by atoms with E-state index in [0.29, 0.717) is 13.0 Å². The first-order valence-corrected chi connectivity index (χ1v) is 7.21. The lowest BCUT2D eigenvalue weighted by atomic mass is 10.4. The van der Waals surface area contributed by atoms with Gasteiger partial charge in [0.2, 0.25) is 0 Å². The number of sulfone groups is 1. The van der Waals surface area contributed by atoms with Crippen LogP contribution >= 0.6 is 0 Å². The molecule has 0 aliphatic carbocycles. The topological polar surface area (TPSA) is 64.0 Å². The maximum Gasteiger partial charge on any atom is 0.150 e. The van der Waals surface area contributed by atoms with E-state index in [4.69, 9.17) is 0 Å². The molecule has 0 aromatic carbocycles. The monoisotopic (exact) mass is 245 g/mol. The molecule has 0 aliphatic rings. The van der Waals surface area contributed by atoms with Gasteiger partial charge in [0.05, 0.1) is 17.1 Å². The quantitative estimate of drug-likeness (QED) is 0.758. The molecule has 0 saturated heterocycles. The third-order valence-electron chi connectivity index (χ3n) is 2.40. The molecule has 0 unspecified atom stereocenters. The lowest BCUT2D eigenvalue weighted by Crippen LogP contribution is -2.13. The van der Waals surface area contributed by atoms with Gasteiger partial charge in [0.25, 0.3) is 0 Å². The SMILES string of the molecule is CCS(=O)(=O)CCCNc1cn(C)nc1C. The lowest BCUT2D eigenvalue weighted by molar-refractivity contribution is 0.595. The van der Waals surface area contributed by atoms with Crippen LogP contribution in [0.5, 0.6) is 0 Å². The molecule has 6 heteroatoms. The van der Waals surface area contributed by atoms with Crippen LogP contribution in [0.3, 0.4) is 0 Å². The van der Waals surface area contributed by atoms with E-state index in [0.717, 1.165) is 11.4 Å². The summed E-state index contributed by atoms with van der Waals surface area (Å²) in [7, 11) is -0.979. The maximum atomic E-state index is 11.2. The molecule has 1 rings (SSSR count). The summed E-state index contributed by atoms with van der Waals surface area (Å²) in [5.74, 6) is 0.467. The minimum absolute atomic E-state index is 0.221.